The predicted octanol–water partition coefficient (Wildman–Crippen LogP) is 4.59. The van der Waals surface area contributed by atoms with Crippen LogP contribution in [0.4, 0.5) is 0 Å². The minimum Gasteiger partial charge on any atom is -0.420 e. The van der Waals surface area contributed by atoms with E-state index >= 15 is 0 Å². The van der Waals surface area contributed by atoms with E-state index in [0.29, 0.717) is 0 Å². The molecule has 166 valence electrons. The largest absolute Gasteiger partial charge is 0.420 e. The molecule has 0 saturated carbocycles. The van der Waals surface area contributed by atoms with Crippen LogP contribution < -0.4 is 0 Å². The Morgan fingerprint density at radius 3 is 2.21 bits per heavy atom. The molecule has 0 fully saturated rings. The number of hydrogen-bond donors (Lipinski definition) is 0. The van der Waals surface area contributed by atoms with Gasteiger partial charge in [-0.1, -0.05) is 66.2 Å². The third-order valence-corrected chi connectivity index (χ3v) is 7.02. The summed E-state index contributed by atoms with van der Waals surface area (Å²) in [5, 5.41) is 0. The van der Waals surface area contributed by atoms with Crippen LogP contribution in [0.5, 0.6) is 0 Å². The topological polar surface area (TPSA) is 80.8 Å². The number of carbonyl (C=O) groups is 2. The number of Topliss-reactive ketones (excluding diaryl/α,β-unsaturated/α-hetero) is 1. The summed E-state index contributed by atoms with van der Waals surface area (Å²) in [6, 6.07) is 21.2. The Kier molecular flexibility index (Phi) is 5.98. The number of ketones is 1. The second-order valence-electron chi connectivity index (χ2n) is 7.45. The summed E-state index contributed by atoms with van der Waals surface area (Å²) in [5.74, 6) is -1.39. The summed E-state index contributed by atoms with van der Waals surface area (Å²) in [6.07, 6.45) is 1.38. The Balaban J connectivity index is 1.95. The summed E-state index contributed by atoms with van der Waals surface area (Å²) in [6.45, 7) is 5.36. The lowest BCUT2D eigenvalue weighted by Crippen LogP contribution is -2.38. The summed E-state index contributed by atoms with van der Waals surface area (Å²) >= 11 is 0. The van der Waals surface area contributed by atoms with Gasteiger partial charge in [0.25, 0.3) is 10.0 Å². The zero-order valence-corrected chi connectivity index (χ0v) is 18.7. The number of fused-ring (bicyclic) bond motifs is 1. The third-order valence-electron chi connectivity index (χ3n) is 5.19. The molecule has 0 saturated heterocycles. The van der Waals surface area contributed by atoms with E-state index in [4.69, 9.17) is 4.74 Å². The van der Waals surface area contributed by atoms with Crippen molar-refractivity contribution in [3.63, 3.8) is 0 Å². The second kappa shape index (κ2) is 8.88. The number of benzene rings is 3. The maximum Gasteiger partial charge on any atom is 0.343 e. The summed E-state index contributed by atoms with van der Waals surface area (Å²) in [7, 11) is -4.09. The normalized spacial score (nSPS) is 14.4. The molecule has 4 rings (SSSR count). The Morgan fingerprint density at radius 2 is 1.55 bits per heavy atom. The van der Waals surface area contributed by atoms with Gasteiger partial charge in [-0.15, -0.1) is 6.58 Å². The smallest absolute Gasteiger partial charge is 0.343 e. The molecule has 0 bridgehead atoms. The molecule has 0 aromatic heterocycles. The Hall–Kier alpha value is -3.97. The van der Waals surface area contributed by atoms with Gasteiger partial charge in [-0.25, -0.2) is 13.2 Å². The fourth-order valence-electron chi connectivity index (χ4n) is 3.55. The minimum atomic E-state index is -4.09. The first kappa shape index (κ1) is 22.2. The second-order valence-corrected chi connectivity index (χ2v) is 9.28. The van der Waals surface area contributed by atoms with Crippen LogP contribution in [0.3, 0.4) is 0 Å². The number of carbonyl (C=O) groups excluding carboxylic acids is 2. The molecule has 7 heteroatoms. The lowest BCUT2D eigenvalue weighted by Gasteiger charge is -2.32. The number of esters is 1. The molecule has 1 aliphatic heterocycles. The monoisotopic (exact) mass is 459 g/mol. The number of hydrogen-bond acceptors (Lipinski definition) is 5. The Bertz CT molecular complexity index is 1370. The number of allylic oxidation sites excluding steroid dienone is 1. The minimum absolute atomic E-state index is 0.0526. The van der Waals surface area contributed by atoms with Crippen LogP contribution in [-0.2, 0) is 14.8 Å². The number of rotatable bonds is 6. The van der Waals surface area contributed by atoms with Crippen LogP contribution in [0, 0.1) is 6.92 Å². The maximum atomic E-state index is 13.6. The van der Waals surface area contributed by atoms with Crippen LogP contribution in [0.2, 0.25) is 0 Å². The molecule has 6 nitrogen and oxygen atoms in total. The van der Waals surface area contributed by atoms with Gasteiger partial charge in [0.05, 0.1) is 17.0 Å². The van der Waals surface area contributed by atoms with E-state index in [1.54, 1.807) is 66.7 Å². The number of ether oxygens (including phenoxy) is 1. The van der Waals surface area contributed by atoms with Gasteiger partial charge >= 0.3 is 5.97 Å². The van der Waals surface area contributed by atoms with Crippen LogP contribution in [0.25, 0.3) is 5.76 Å². The van der Waals surface area contributed by atoms with E-state index in [0.717, 1.165) is 9.87 Å². The zero-order valence-electron chi connectivity index (χ0n) is 17.9. The van der Waals surface area contributed by atoms with Crippen molar-refractivity contribution in [2.75, 3.05) is 6.54 Å². The highest BCUT2D eigenvalue weighted by Gasteiger charge is 2.41. The fourth-order valence-corrected chi connectivity index (χ4v) is 5.19. The Morgan fingerprint density at radius 1 is 0.909 bits per heavy atom. The first-order valence-corrected chi connectivity index (χ1v) is 11.6. The van der Waals surface area contributed by atoms with E-state index in [1.807, 2.05) is 6.92 Å². The van der Waals surface area contributed by atoms with E-state index in [2.05, 4.69) is 6.58 Å². The molecule has 0 aliphatic carbocycles. The van der Waals surface area contributed by atoms with Crippen LogP contribution in [0.15, 0.2) is 102 Å². The van der Waals surface area contributed by atoms with Crippen molar-refractivity contribution in [2.45, 2.75) is 11.8 Å². The van der Waals surface area contributed by atoms with Crippen molar-refractivity contribution >= 4 is 27.5 Å². The SMILES string of the molecule is C=CCN1C(C(=O)c2ccccc2)=C(OC(=O)c2ccc(C)cc2)c2ccccc2S1(=O)=O. The number of nitrogens with zero attached hydrogens (tertiary/aromatic N) is 1. The molecule has 0 N–H and O–H groups in total. The van der Waals surface area contributed by atoms with Crippen molar-refractivity contribution in [3.8, 4) is 0 Å². The van der Waals surface area contributed by atoms with Crippen molar-refractivity contribution < 1.29 is 22.7 Å². The molecule has 0 atom stereocenters. The van der Waals surface area contributed by atoms with E-state index in [9.17, 15) is 18.0 Å². The summed E-state index contributed by atoms with van der Waals surface area (Å²) in [5.41, 5.74) is 1.43. The molecule has 0 amide bonds. The fraction of sp³-hybridized carbons (Fsp3) is 0.0769. The van der Waals surface area contributed by atoms with Gasteiger partial charge in [-0.05, 0) is 31.2 Å². The molecular weight excluding hydrogens is 438 g/mol. The number of aryl methyl sites for hydroxylation is 1. The molecule has 0 spiro atoms. The van der Waals surface area contributed by atoms with Crippen molar-refractivity contribution in [3.05, 3.63) is 119 Å². The van der Waals surface area contributed by atoms with Crippen molar-refractivity contribution in [1.29, 1.82) is 0 Å². The van der Waals surface area contributed by atoms with Gasteiger partial charge < -0.3 is 4.74 Å². The molecule has 1 heterocycles. The molecule has 0 radical (unpaired) electrons. The average molecular weight is 460 g/mol. The molecular formula is C26H21NO5S. The first-order chi connectivity index (χ1) is 15.8. The lowest BCUT2D eigenvalue weighted by molar-refractivity contribution is 0.0686. The van der Waals surface area contributed by atoms with Crippen molar-refractivity contribution in [1.82, 2.24) is 4.31 Å². The molecule has 3 aromatic rings. The quantitative estimate of drug-likeness (QED) is 0.306. The van der Waals surface area contributed by atoms with Crippen LogP contribution in [0.1, 0.15) is 31.8 Å². The summed E-state index contributed by atoms with van der Waals surface area (Å²) < 4.78 is 33.5. The third kappa shape index (κ3) is 4.10. The van der Waals surface area contributed by atoms with Crippen LogP contribution in [-0.4, -0.2) is 31.0 Å². The van der Waals surface area contributed by atoms with Gasteiger partial charge in [0, 0.05) is 11.1 Å². The van der Waals surface area contributed by atoms with Gasteiger partial charge in [0.1, 0.15) is 5.70 Å². The van der Waals surface area contributed by atoms with Gasteiger partial charge in [-0.2, -0.15) is 0 Å². The van der Waals surface area contributed by atoms with E-state index in [1.165, 1.54) is 18.2 Å². The van der Waals surface area contributed by atoms with E-state index < -0.39 is 21.8 Å². The first-order valence-electron chi connectivity index (χ1n) is 10.2. The van der Waals surface area contributed by atoms with Gasteiger partial charge in [-0.3, -0.25) is 9.10 Å². The highest BCUT2D eigenvalue weighted by atomic mass is 32.2. The zero-order chi connectivity index (χ0) is 23.6. The summed E-state index contributed by atoms with van der Waals surface area (Å²) in [4.78, 5) is 26.5. The standard InChI is InChI=1S/C26H21NO5S/c1-3-17-27-23(24(28)19-9-5-4-6-10-19)25(21-11-7-8-12-22(21)33(27,30)31)32-26(29)20-15-13-18(2)14-16-20/h3-16H,1,17H2,2H3. The highest BCUT2D eigenvalue weighted by Crippen LogP contribution is 2.39. The van der Waals surface area contributed by atoms with Gasteiger partial charge in [0.2, 0.25) is 5.78 Å². The average Bonchev–Trinajstić information content (AvgIpc) is 2.83. The number of sulfonamides is 1. The van der Waals surface area contributed by atoms with Gasteiger partial charge in [0.15, 0.2) is 5.76 Å². The highest BCUT2D eigenvalue weighted by molar-refractivity contribution is 7.89. The Labute approximate surface area is 192 Å². The van der Waals surface area contributed by atoms with E-state index in [-0.39, 0.29) is 39.6 Å². The molecule has 1 aliphatic rings. The lowest BCUT2D eigenvalue weighted by atomic mass is 10.0. The maximum absolute atomic E-state index is 13.6. The molecule has 3 aromatic carbocycles. The van der Waals surface area contributed by atoms with Crippen molar-refractivity contribution in [2.24, 2.45) is 0 Å². The predicted molar refractivity (Wildman–Crippen MR) is 125 cm³/mol. The molecule has 33 heavy (non-hydrogen) atoms. The molecule has 0 unspecified atom stereocenters. The van der Waals surface area contributed by atoms with Crippen LogP contribution >= 0.6 is 0 Å².